The fraction of sp³-hybridized carbons (Fsp3) is 0.500. The number of carboxylic acid groups (broad SMARTS) is 1. The number of hydroxylamine groups is 2. The summed E-state index contributed by atoms with van der Waals surface area (Å²) in [6.45, 7) is 5.29. The molecule has 0 aliphatic heterocycles. The number of hydrogen-bond donors (Lipinski definition) is 1. The summed E-state index contributed by atoms with van der Waals surface area (Å²) in [4.78, 5) is 30.4. The maximum atomic E-state index is 12.6. The lowest BCUT2D eigenvalue weighted by Gasteiger charge is -2.39. The highest BCUT2D eigenvalue weighted by Gasteiger charge is 2.38. The number of likely N-dealkylation sites (N-methyl/N-ethyl adjacent to an activating group) is 1. The van der Waals surface area contributed by atoms with Crippen LogP contribution in [-0.4, -0.2) is 52.8 Å². The van der Waals surface area contributed by atoms with E-state index in [1.54, 1.807) is 20.8 Å². The molecule has 0 saturated carbocycles. The van der Waals surface area contributed by atoms with Gasteiger partial charge in [0, 0.05) is 19.0 Å². The fourth-order valence-corrected chi connectivity index (χ4v) is 2.31. The van der Waals surface area contributed by atoms with Crippen LogP contribution in [0.4, 0.5) is 4.79 Å². The average molecular weight is 308 g/mol. The van der Waals surface area contributed by atoms with E-state index < -0.39 is 23.6 Å². The highest BCUT2D eigenvalue weighted by Crippen LogP contribution is 2.21. The molecule has 1 atom stereocenters. The molecule has 2 amide bonds. The molecule has 1 aromatic rings. The summed E-state index contributed by atoms with van der Waals surface area (Å²) in [6.07, 6.45) is -0.844. The Morgan fingerprint density at radius 3 is 2.18 bits per heavy atom. The van der Waals surface area contributed by atoms with Crippen molar-refractivity contribution in [2.45, 2.75) is 38.8 Å². The van der Waals surface area contributed by atoms with Crippen LogP contribution >= 0.6 is 0 Å². The van der Waals surface area contributed by atoms with E-state index >= 15 is 0 Å². The van der Waals surface area contributed by atoms with Crippen LogP contribution in [0.25, 0.3) is 0 Å². The molecule has 1 rings (SSSR count). The van der Waals surface area contributed by atoms with Gasteiger partial charge >= 0.3 is 6.09 Å². The van der Waals surface area contributed by atoms with Crippen molar-refractivity contribution in [2.24, 2.45) is 0 Å². The van der Waals surface area contributed by atoms with Crippen LogP contribution in [-0.2, 0) is 16.1 Å². The molecule has 0 saturated heterocycles. The molecule has 0 aliphatic rings. The molecule has 0 aliphatic carbocycles. The van der Waals surface area contributed by atoms with E-state index in [9.17, 15) is 14.7 Å². The SMILES string of the molecule is CON(C)C(=O)[C@H](Cc1ccccc1)N(C(=O)O)C(C)(C)C. The summed E-state index contributed by atoms with van der Waals surface area (Å²) in [7, 11) is 2.85. The lowest BCUT2D eigenvalue weighted by atomic mass is 9.98. The summed E-state index contributed by atoms with van der Waals surface area (Å²) in [5.41, 5.74) is 0.177. The average Bonchev–Trinajstić information content (AvgIpc) is 2.44. The second-order valence-corrected chi connectivity index (χ2v) is 6.05. The van der Waals surface area contributed by atoms with Gasteiger partial charge in [-0.1, -0.05) is 30.3 Å². The molecule has 0 fully saturated rings. The van der Waals surface area contributed by atoms with Gasteiger partial charge in [0.2, 0.25) is 0 Å². The van der Waals surface area contributed by atoms with Gasteiger partial charge < -0.3 is 5.11 Å². The van der Waals surface area contributed by atoms with Crippen molar-refractivity contribution in [1.29, 1.82) is 0 Å². The molecular formula is C16H24N2O4. The van der Waals surface area contributed by atoms with Crippen LogP contribution in [0.1, 0.15) is 26.3 Å². The van der Waals surface area contributed by atoms with Crippen LogP contribution in [0, 0.1) is 0 Å². The van der Waals surface area contributed by atoms with E-state index in [0.717, 1.165) is 10.6 Å². The predicted octanol–water partition coefficient (Wildman–Crippen LogP) is 2.40. The molecule has 0 heterocycles. The third-order valence-electron chi connectivity index (χ3n) is 3.38. The zero-order chi connectivity index (χ0) is 16.9. The van der Waals surface area contributed by atoms with Crippen LogP contribution in [0.2, 0.25) is 0 Å². The standard InChI is InChI=1S/C16H24N2O4/c1-16(2,3)18(15(20)21)13(14(19)17(4)22-5)11-12-9-7-6-8-10-12/h6-10,13H,11H2,1-5H3,(H,20,21)/t13-/m0/s1. The molecular weight excluding hydrogens is 284 g/mol. The van der Waals surface area contributed by atoms with Crippen molar-refractivity contribution < 1.29 is 19.5 Å². The second-order valence-electron chi connectivity index (χ2n) is 6.05. The van der Waals surface area contributed by atoms with Crippen molar-refractivity contribution in [3.05, 3.63) is 35.9 Å². The Hall–Kier alpha value is -2.08. The molecule has 0 aromatic heterocycles. The molecule has 6 heteroatoms. The molecule has 1 N–H and O–H groups in total. The Morgan fingerprint density at radius 2 is 1.77 bits per heavy atom. The smallest absolute Gasteiger partial charge is 0.408 e. The Bertz CT molecular complexity index is 511. The predicted molar refractivity (Wildman–Crippen MR) is 83.3 cm³/mol. The van der Waals surface area contributed by atoms with Crippen LogP contribution in [0.15, 0.2) is 30.3 Å². The topological polar surface area (TPSA) is 70.1 Å². The highest BCUT2D eigenvalue weighted by atomic mass is 16.7. The summed E-state index contributed by atoms with van der Waals surface area (Å²) < 4.78 is 0. The largest absolute Gasteiger partial charge is 0.465 e. The van der Waals surface area contributed by atoms with Gasteiger partial charge in [0.05, 0.1) is 7.11 Å². The van der Waals surface area contributed by atoms with Gasteiger partial charge in [0.15, 0.2) is 0 Å². The zero-order valence-electron chi connectivity index (χ0n) is 13.7. The van der Waals surface area contributed by atoms with E-state index in [0.29, 0.717) is 0 Å². The molecule has 22 heavy (non-hydrogen) atoms. The number of hydrogen-bond acceptors (Lipinski definition) is 3. The van der Waals surface area contributed by atoms with Gasteiger partial charge in [-0.15, -0.1) is 0 Å². The number of nitrogens with zero attached hydrogens (tertiary/aromatic N) is 2. The highest BCUT2D eigenvalue weighted by molar-refractivity contribution is 5.85. The summed E-state index contributed by atoms with van der Waals surface area (Å²) >= 11 is 0. The Balaban J connectivity index is 3.20. The van der Waals surface area contributed by atoms with Crippen molar-refractivity contribution in [3.63, 3.8) is 0 Å². The number of amides is 2. The minimum absolute atomic E-state index is 0.289. The van der Waals surface area contributed by atoms with E-state index in [-0.39, 0.29) is 6.42 Å². The summed E-state index contributed by atoms with van der Waals surface area (Å²) in [5, 5.41) is 10.6. The molecule has 0 radical (unpaired) electrons. The quantitative estimate of drug-likeness (QED) is 0.848. The Kier molecular flexibility index (Phi) is 5.93. The first kappa shape index (κ1) is 18.0. The van der Waals surface area contributed by atoms with Crippen LogP contribution in [0.5, 0.6) is 0 Å². The normalized spacial score (nSPS) is 12.6. The van der Waals surface area contributed by atoms with E-state index in [4.69, 9.17) is 4.84 Å². The maximum Gasteiger partial charge on any atom is 0.408 e. The molecule has 1 aromatic carbocycles. The summed E-state index contributed by atoms with van der Waals surface area (Å²) in [6, 6.07) is 8.48. The number of rotatable bonds is 5. The van der Waals surface area contributed by atoms with Crippen molar-refractivity contribution in [1.82, 2.24) is 9.96 Å². The van der Waals surface area contributed by atoms with Crippen LogP contribution < -0.4 is 0 Å². The van der Waals surface area contributed by atoms with Crippen molar-refractivity contribution in [2.75, 3.05) is 14.2 Å². The van der Waals surface area contributed by atoms with Crippen LogP contribution in [0.3, 0.4) is 0 Å². The number of carbonyl (C=O) groups excluding carboxylic acids is 1. The van der Waals surface area contributed by atoms with Crippen molar-refractivity contribution >= 4 is 12.0 Å². The van der Waals surface area contributed by atoms with Gasteiger partial charge in [-0.25, -0.2) is 9.86 Å². The first-order valence-corrected chi connectivity index (χ1v) is 7.06. The van der Waals surface area contributed by atoms with Gasteiger partial charge in [-0.05, 0) is 26.3 Å². The molecule has 6 nitrogen and oxygen atoms in total. The molecule has 0 unspecified atom stereocenters. The molecule has 0 spiro atoms. The number of carbonyl (C=O) groups is 2. The minimum Gasteiger partial charge on any atom is -0.465 e. The third-order valence-corrected chi connectivity index (χ3v) is 3.38. The van der Waals surface area contributed by atoms with E-state index in [1.807, 2.05) is 30.3 Å². The van der Waals surface area contributed by atoms with E-state index in [1.165, 1.54) is 19.1 Å². The third kappa shape index (κ3) is 4.46. The second kappa shape index (κ2) is 7.26. The molecule has 0 bridgehead atoms. The first-order valence-electron chi connectivity index (χ1n) is 7.06. The van der Waals surface area contributed by atoms with Gasteiger partial charge in [0.25, 0.3) is 5.91 Å². The summed E-state index contributed by atoms with van der Waals surface area (Å²) in [5.74, 6) is -0.399. The van der Waals surface area contributed by atoms with Gasteiger partial charge in [0.1, 0.15) is 6.04 Å². The zero-order valence-corrected chi connectivity index (χ0v) is 13.7. The lowest BCUT2D eigenvalue weighted by Crippen LogP contribution is -2.57. The van der Waals surface area contributed by atoms with Gasteiger partial charge in [-0.3, -0.25) is 14.5 Å². The monoisotopic (exact) mass is 308 g/mol. The molecule has 122 valence electrons. The Labute approximate surface area is 131 Å². The minimum atomic E-state index is -1.13. The van der Waals surface area contributed by atoms with E-state index in [2.05, 4.69) is 0 Å². The fourth-order valence-electron chi connectivity index (χ4n) is 2.31. The van der Waals surface area contributed by atoms with Gasteiger partial charge in [-0.2, -0.15) is 0 Å². The Morgan fingerprint density at radius 1 is 1.23 bits per heavy atom. The maximum absolute atomic E-state index is 12.6. The first-order chi connectivity index (χ1) is 10.2. The number of benzene rings is 1. The lowest BCUT2D eigenvalue weighted by molar-refractivity contribution is -0.175. The van der Waals surface area contributed by atoms with Crippen molar-refractivity contribution in [3.8, 4) is 0 Å².